The third-order valence-electron chi connectivity index (χ3n) is 4.78. The maximum atomic E-state index is 6.03. The zero-order valence-electron chi connectivity index (χ0n) is 13.0. The van der Waals surface area contributed by atoms with E-state index in [0.29, 0.717) is 6.04 Å². The van der Waals surface area contributed by atoms with Gasteiger partial charge in [-0.3, -0.25) is 0 Å². The lowest BCUT2D eigenvalue weighted by Crippen LogP contribution is -2.31. The van der Waals surface area contributed by atoms with Crippen molar-refractivity contribution in [3.63, 3.8) is 0 Å². The molecule has 0 spiro atoms. The van der Waals surface area contributed by atoms with Gasteiger partial charge in [0, 0.05) is 11.3 Å². The van der Waals surface area contributed by atoms with E-state index in [9.17, 15) is 0 Å². The third-order valence-corrected chi connectivity index (χ3v) is 4.78. The van der Waals surface area contributed by atoms with Gasteiger partial charge in [0.15, 0.2) is 5.82 Å². The minimum Gasteiger partial charge on any atom is -0.398 e. The van der Waals surface area contributed by atoms with Crippen molar-refractivity contribution in [1.29, 1.82) is 0 Å². The Morgan fingerprint density at radius 3 is 2.81 bits per heavy atom. The molecule has 3 rings (SSSR count). The first kappa shape index (κ1) is 14.0. The van der Waals surface area contributed by atoms with Crippen LogP contribution in [-0.4, -0.2) is 20.2 Å². The van der Waals surface area contributed by atoms with Gasteiger partial charge in [-0.1, -0.05) is 38.8 Å². The van der Waals surface area contributed by atoms with Crippen molar-refractivity contribution in [1.82, 2.24) is 20.2 Å². The fourth-order valence-corrected chi connectivity index (χ4v) is 3.30. The van der Waals surface area contributed by atoms with Gasteiger partial charge in [0.1, 0.15) is 0 Å². The number of hydrogen-bond acceptors (Lipinski definition) is 4. The minimum atomic E-state index is 0.221. The zero-order valence-corrected chi connectivity index (χ0v) is 13.0. The van der Waals surface area contributed by atoms with E-state index in [1.54, 1.807) is 0 Å². The van der Waals surface area contributed by atoms with E-state index in [1.165, 1.54) is 19.3 Å². The van der Waals surface area contributed by atoms with Crippen LogP contribution in [0.1, 0.15) is 51.1 Å². The van der Waals surface area contributed by atoms with Crippen molar-refractivity contribution in [2.45, 2.75) is 52.5 Å². The van der Waals surface area contributed by atoms with Crippen LogP contribution in [0.25, 0.3) is 11.4 Å². The van der Waals surface area contributed by atoms with Crippen LogP contribution in [0.5, 0.6) is 0 Å². The summed E-state index contributed by atoms with van der Waals surface area (Å²) in [5, 5.41) is 12.4. The van der Waals surface area contributed by atoms with E-state index in [-0.39, 0.29) is 5.41 Å². The second-order valence-electron chi connectivity index (χ2n) is 6.77. The number of aromatic nitrogens is 4. The van der Waals surface area contributed by atoms with Gasteiger partial charge in [0.2, 0.25) is 0 Å². The van der Waals surface area contributed by atoms with Gasteiger partial charge in [0.25, 0.3) is 0 Å². The molecule has 1 aliphatic carbocycles. The standard InChI is InChI=1S/C16H23N5/c1-11-7-8-12(10-13(11)17)15-18-19-20-21(15)14-6-4-5-9-16(14,2)3/h7-8,10,14H,4-6,9,17H2,1-3H3. The van der Waals surface area contributed by atoms with Crippen LogP contribution < -0.4 is 5.73 Å². The number of nitrogens with zero attached hydrogens (tertiary/aromatic N) is 4. The summed E-state index contributed by atoms with van der Waals surface area (Å²) < 4.78 is 2.00. The highest BCUT2D eigenvalue weighted by Gasteiger charge is 2.35. The first-order valence-electron chi connectivity index (χ1n) is 7.63. The molecule has 0 radical (unpaired) electrons. The summed E-state index contributed by atoms with van der Waals surface area (Å²) in [6, 6.07) is 6.38. The van der Waals surface area contributed by atoms with Gasteiger partial charge in [-0.25, -0.2) is 4.68 Å². The van der Waals surface area contributed by atoms with Gasteiger partial charge in [-0.05, 0) is 47.2 Å². The average molecular weight is 285 g/mol. The largest absolute Gasteiger partial charge is 0.398 e. The molecule has 2 aromatic rings. The Hall–Kier alpha value is -1.91. The number of anilines is 1. The van der Waals surface area contributed by atoms with Crippen LogP contribution in [0.15, 0.2) is 18.2 Å². The van der Waals surface area contributed by atoms with E-state index >= 15 is 0 Å². The molecule has 2 N–H and O–H groups in total. The number of aryl methyl sites for hydroxylation is 1. The predicted octanol–water partition coefficient (Wildman–Crippen LogP) is 3.37. The molecule has 0 bridgehead atoms. The summed E-state index contributed by atoms with van der Waals surface area (Å²) in [5.74, 6) is 0.821. The van der Waals surface area contributed by atoms with Gasteiger partial charge in [-0.15, -0.1) is 5.10 Å². The Morgan fingerprint density at radius 1 is 1.29 bits per heavy atom. The average Bonchev–Trinajstić information content (AvgIpc) is 2.90. The quantitative estimate of drug-likeness (QED) is 0.859. The minimum absolute atomic E-state index is 0.221. The lowest BCUT2D eigenvalue weighted by atomic mass is 9.73. The number of rotatable bonds is 2. The smallest absolute Gasteiger partial charge is 0.182 e. The lowest BCUT2D eigenvalue weighted by molar-refractivity contribution is 0.132. The Bertz CT molecular complexity index is 644. The summed E-state index contributed by atoms with van der Waals surface area (Å²) in [5.41, 5.74) is 9.10. The van der Waals surface area contributed by atoms with E-state index in [0.717, 1.165) is 29.1 Å². The van der Waals surface area contributed by atoms with E-state index in [2.05, 4.69) is 29.4 Å². The Kier molecular flexibility index (Phi) is 3.43. The summed E-state index contributed by atoms with van der Waals surface area (Å²) in [4.78, 5) is 0. The molecule has 21 heavy (non-hydrogen) atoms. The first-order valence-corrected chi connectivity index (χ1v) is 7.63. The molecule has 0 aliphatic heterocycles. The molecule has 112 valence electrons. The fourth-order valence-electron chi connectivity index (χ4n) is 3.30. The molecule has 1 unspecified atom stereocenters. The number of nitrogens with two attached hydrogens (primary N) is 1. The first-order chi connectivity index (χ1) is 9.99. The van der Waals surface area contributed by atoms with Crippen molar-refractivity contribution in [2.24, 2.45) is 5.41 Å². The Morgan fingerprint density at radius 2 is 2.10 bits per heavy atom. The highest BCUT2D eigenvalue weighted by atomic mass is 15.6. The third kappa shape index (κ3) is 2.52. The van der Waals surface area contributed by atoms with Crippen LogP contribution >= 0.6 is 0 Å². The maximum absolute atomic E-state index is 6.03. The number of tetrazole rings is 1. The summed E-state index contributed by atoms with van der Waals surface area (Å²) >= 11 is 0. The topological polar surface area (TPSA) is 69.6 Å². The molecule has 0 amide bonds. The molecule has 1 fully saturated rings. The summed E-state index contributed by atoms with van der Waals surface area (Å²) in [6.07, 6.45) is 4.88. The van der Waals surface area contributed by atoms with Crippen molar-refractivity contribution < 1.29 is 0 Å². The molecule has 1 aromatic carbocycles. The van der Waals surface area contributed by atoms with Crippen molar-refractivity contribution in [3.05, 3.63) is 23.8 Å². The molecule has 0 saturated heterocycles. The predicted molar refractivity (Wildman–Crippen MR) is 83.7 cm³/mol. The molecule has 5 nitrogen and oxygen atoms in total. The van der Waals surface area contributed by atoms with Gasteiger partial charge >= 0.3 is 0 Å². The summed E-state index contributed by atoms with van der Waals surface area (Å²) in [6.45, 7) is 6.63. The monoisotopic (exact) mass is 285 g/mol. The number of nitrogen functional groups attached to an aromatic ring is 1. The van der Waals surface area contributed by atoms with Gasteiger partial charge in [-0.2, -0.15) is 0 Å². The molecule has 5 heteroatoms. The Balaban J connectivity index is 2.02. The van der Waals surface area contributed by atoms with E-state index in [4.69, 9.17) is 5.73 Å². The van der Waals surface area contributed by atoms with Crippen LogP contribution in [-0.2, 0) is 0 Å². The zero-order chi connectivity index (χ0) is 15.0. The maximum Gasteiger partial charge on any atom is 0.182 e. The van der Waals surface area contributed by atoms with Crippen LogP contribution in [0.2, 0.25) is 0 Å². The normalized spacial score (nSPS) is 21.4. The van der Waals surface area contributed by atoms with Crippen molar-refractivity contribution in [3.8, 4) is 11.4 Å². The van der Waals surface area contributed by atoms with E-state index in [1.807, 2.05) is 29.8 Å². The Labute approximate surface area is 125 Å². The van der Waals surface area contributed by atoms with Gasteiger partial charge < -0.3 is 5.73 Å². The van der Waals surface area contributed by atoms with Crippen LogP contribution in [0.4, 0.5) is 5.69 Å². The molecule has 1 heterocycles. The van der Waals surface area contributed by atoms with Crippen molar-refractivity contribution in [2.75, 3.05) is 5.73 Å². The molecular formula is C16H23N5. The molecule has 1 atom stereocenters. The molecule has 1 saturated carbocycles. The number of hydrogen-bond donors (Lipinski definition) is 1. The van der Waals surface area contributed by atoms with Crippen LogP contribution in [0, 0.1) is 12.3 Å². The van der Waals surface area contributed by atoms with E-state index < -0.39 is 0 Å². The van der Waals surface area contributed by atoms with Crippen molar-refractivity contribution >= 4 is 5.69 Å². The molecule has 1 aliphatic rings. The second kappa shape index (κ2) is 5.13. The SMILES string of the molecule is Cc1ccc(-c2nnnn2C2CCCCC2(C)C)cc1N. The second-order valence-corrected chi connectivity index (χ2v) is 6.77. The molecular weight excluding hydrogens is 262 g/mol. The highest BCUT2D eigenvalue weighted by Crippen LogP contribution is 2.44. The van der Waals surface area contributed by atoms with Gasteiger partial charge in [0.05, 0.1) is 6.04 Å². The highest BCUT2D eigenvalue weighted by molar-refractivity contribution is 5.63. The fraction of sp³-hybridized carbons (Fsp3) is 0.562. The lowest BCUT2D eigenvalue weighted by Gasteiger charge is -2.38. The van der Waals surface area contributed by atoms with Crippen LogP contribution in [0.3, 0.4) is 0 Å². The number of benzene rings is 1. The molecule has 1 aromatic heterocycles. The summed E-state index contributed by atoms with van der Waals surface area (Å²) in [7, 11) is 0.